The molecule has 2 saturated heterocycles. The molecule has 5 rings (SSSR count). The number of H-pyrrole nitrogens is 1. The van der Waals surface area contributed by atoms with Gasteiger partial charge in [-0.3, -0.25) is 14.6 Å². The number of hydrogen-bond acceptors (Lipinski definition) is 6. The van der Waals surface area contributed by atoms with Crippen molar-refractivity contribution in [3.8, 4) is 11.3 Å². The predicted molar refractivity (Wildman–Crippen MR) is 121 cm³/mol. The summed E-state index contributed by atoms with van der Waals surface area (Å²) >= 11 is 0. The van der Waals surface area contributed by atoms with Gasteiger partial charge in [-0.05, 0) is 25.0 Å². The van der Waals surface area contributed by atoms with E-state index in [1.807, 2.05) is 36.4 Å². The first-order valence-corrected chi connectivity index (χ1v) is 11.1. The van der Waals surface area contributed by atoms with Gasteiger partial charge in [0.15, 0.2) is 0 Å². The van der Waals surface area contributed by atoms with Crippen LogP contribution in [0, 0.1) is 0 Å². The molecule has 0 unspecified atom stereocenters. The molecule has 0 radical (unpaired) electrons. The summed E-state index contributed by atoms with van der Waals surface area (Å²) in [5.74, 6) is 1.05. The molecule has 1 aromatic carbocycles. The number of benzene rings is 1. The predicted octanol–water partition coefficient (Wildman–Crippen LogP) is 2.82. The molecule has 1 N–H and O–H groups in total. The minimum absolute atomic E-state index is 0.152. The largest absolute Gasteiger partial charge is 0.468 e. The molecular weight excluding hydrogens is 390 g/mol. The summed E-state index contributed by atoms with van der Waals surface area (Å²) < 4.78 is 5.50. The van der Waals surface area contributed by atoms with E-state index in [4.69, 9.17) is 4.42 Å². The van der Waals surface area contributed by atoms with Crippen LogP contribution in [0.1, 0.15) is 18.6 Å². The first-order valence-electron chi connectivity index (χ1n) is 11.1. The molecule has 31 heavy (non-hydrogen) atoms. The lowest BCUT2D eigenvalue weighted by Crippen LogP contribution is -2.53. The molecular formula is C24H29N5O2. The highest BCUT2D eigenvalue weighted by atomic mass is 16.3. The van der Waals surface area contributed by atoms with Gasteiger partial charge in [-0.1, -0.05) is 30.3 Å². The van der Waals surface area contributed by atoms with Crippen LogP contribution in [0.25, 0.3) is 11.3 Å². The Morgan fingerprint density at radius 1 is 0.968 bits per heavy atom. The Kier molecular flexibility index (Phi) is 5.86. The van der Waals surface area contributed by atoms with E-state index in [-0.39, 0.29) is 5.56 Å². The van der Waals surface area contributed by atoms with Crippen molar-refractivity contribution in [3.05, 3.63) is 70.9 Å². The lowest BCUT2D eigenvalue weighted by molar-refractivity contribution is 0.0962. The smallest absolute Gasteiger partial charge is 0.266 e. The number of furan rings is 1. The second kappa shape index (κ2) is 9.08. The molecule has 0 amide bonds. The SMILES string of the molecule is O=c1cc(N2CCN(C3CCN(Cc4ccco4)CC3)CC2)c(-c2ccccc2)n[nH]1. The van der Waals surface area contributed by atoms with Gasteiger partial charge in [-0.15, -0.1) is 0 Å². The molecule has 2 aromatic heterocycles. The van der Waals surface area contributed by atoms with Crippen LogP contribution in [0.5, 0.6) is 0 Å². The lowest BCUT2D eigenvalue weighted by Gasteiger charge is -2.43. The number of aromatic amines is 1. The van der Waals surface area contributed by atoms with E-state index < -0.39 is 0 Å². The highest BCUT2D eigenvalue weighted by molar-refractivity contribution is 5.74. The van der Waals surface area contributed by atoms with Crippen LogP contribution in [-0.4, -0.2) is 65.3 Å². The van der Waals surface area contributed by atoms with Crippen LogP contribution in [0.2, 0.25) is 0 Å². The van der Waals surface area contributed by atoms with Crippen molar-refractivity contribution in [1.29, 1.82) is 0 Å². The van der Waals surface area contributed by atoms with E-state index in [9.17, 15) is 4.79 Å². The molecule has 0 saturated carbocycles. The minimum atomic E-state index is -0.152. The lowest BCUT2D eigenvalue weighted by atomic mass is 10.0. The molecule has 2 fully saturated rings. The van der Waals surface area contributed by atoms with Gasteiger partial charge < -0.3 is 9.32 Å². The number of aromatic nitrogens is 2. The van der Waals surface area contributed by atoms with Crippen LogP contribution >= 0.6 is 0 Å². The van der Waals surface area contributed by atoms with Crippen molar-refractivity contribution in [2.24, 2.45) is 0 Å². The Labute approximate surface area is 182 Å². The average Bonchev–Trinajstić information content (AvgIpc) is 3.33. The zero-order chi connectivity index (χ0) is 21.0. The molecule has 2 aliphatic rings. The van der Waals surface area contributed by atoms with Crippen molar-refractivity contribution in [1.82, 2.24) is 20.0 Å². The molecule has 0 atom stereocenters. The number of likely N-dealkylation sites (tertiary alicyclic amines) is 1. The van der Waals surface area contributed by atoms with Crippen molar-refractivity contribution < 1.29 is 4.42 Å². The summed E-state index contributed by atoms with van der Waals surface area (Å²) in [7, 11) is 0. The summed E-state index contributed by atoms with van der Waals surface area (Å²) in [5, 5.41) is 6.97. The van der Waals surface area contributed by atoms with E-state index in [0.29, 0.717) is 6.04 Å². The maximum absolute atomic E-state index is 12.0. The minimum Gasteiger partial charge on any atom is -0.468 e. The third-order valence-electron chi connectivity index (χ3n) is 6.52. The van der Waals surface area contributed by atoms with Crippen LogP contribution in [0.4, 0.5) is 5.69 Å². The van der Waals surface area contributed by atoms with Gasteiger partial charge in [0.2, 0.25) is 0 Å². The molecule has 0 aliphatic carbocycles. The topological polar surface area (TPSA) is 68.6 Å². The first-order chi connectivity index (χ1) is 15.3. The standard InChI is InChI=1S/C24H29N5O2/c30-23-17-22(24(26-25-23)19-5-2-1-3-6-19)29-14-12-28(13-15-29)20-8-10-27(11-9-20)18-21-7-4-16-31-21/h1-7,16-17,20H,8-15,18H2,(H,25,30). The van der Waals surface area contributed by atoms with Crippen LogP contribution in [0.3, 0.4) is 0 Å². The number of anilines is 1. The molecule has 2 aliphatic heterocycles. The van der Waals surface area contributed by atoms with E-state index in [2.05, 4.69) is 31.0 Å². The van der Waals surface area contributed by atoms with Gasteiger partial charge in [0, 0.05) is 56.9 Å². The highest BCUT2D eigenvalue weighted by Crippen LogP contribution is 2.28. The van der Waals surface area contributed by atoms with E-state index >= 15 is 0 Å². The van der Waals surface area contributed by atoms with Crippen molar-refractivity contribution in [2.45, 2.75) is 25.4 Å². The number of piperazine rings is 1. The second-order valence-electron chi connectivity index (χ2n) is 8.44. The fourth-order valence-electron chi connectivity index (χ4n) is 4.84. The maximum Gasteiger partial charge on any atom is 0.266 e. The van der Waals surface area contributed by atoms with Gasteiger partial charge in [-0.2, -0.15) is 5.10 Å². The van der Waals surface area contributed by atoms with Gasteiger partial charge in [0.25, 0.3) is 5.56 Å². The Balaban J connectivity index is 1.20. The van der Waals surface area contributed by atoms with Gasteiger partial charge >= 0.3 is 0 Å². The quantitative estimate of drug-likeness (QED) is 0.686. The Hall–Kier alpha value is -2.90. The summed E-state index contributed by atoms with van der Waals surface area (Å²) in [6.45, 7) is 7.00. The van der Waals surface area contributed by atoms with E-state index in [1.165, 1.54) is 12.8 Å². The number of nitrogens with one attached hydrogen (secondary N) is 1. The molecule has 7 nitrogen and oxygen atoms in total. The van der Waals surface area contributed by atoms with Crippen LogP contribution in [0.15, 0.2) is 64.0 Å². The van der Waals surface area contributed by atoms with Gasteiger partial charge in [0.1, 0.15) is 11.5 Å². The summed E-state index contributed by atoms with van der Waals surface area (Å²) in [6.07, 6.45) is 4.14. The van der Waals surface area contributed by atoms with Crippen LogP contribution < -0.4 is 10.5 Å². The summed E-state index contributed by atoms with van der Waals surface area (Å²) in [4.78, 5) is 19.4. The number of piperidine rings is 1. The fourth-order valence-corrected chi connectivity index (χ4v) is 4.84. The third kappa shape index (κ3) is 4.57. The van der Waals surface area contributed by atoms with E-state index in [1.54, 1.807) is 12.3 Å². The average molecular weight is 420 g/mol. The molecule has 4 heterocycles. The summed E-state index contributed by atoms with van der Waals surface area (Å²) in [6, 6.07) is 16.4. The monoisotopic (exact) mass is 419 g/mol. The fraction of sp³-hybridized carbons (Fsp3) is 0.417. The molecule has 0 bridgehead atoms. The molecule has 7 heteroatoms. The normalized spacial score (nSPS) is 19.0. The van der Waals surface area contributed by atoms with Crippen LogP contribution in [-0.2, 0) is 6.54 Å². The van der Waals surface area contributed by atoms with E-state index in [0.717, 1.165) is 68.5 Å². The first kappa shape index (κ1) is 20.0. The second-order valence-corrected chi connectivity index (χ2v) is 8.44. The zero-order valence-electron chi connectivity index (χ0n) is 17.7. The van der Waals surface area contributed by atoms with Crippen molar-refractivity contribution >= 4 is 5.69 Å². The number of nitrogens with zero attached hydrogens (tertiary/aromatic N) is 4. The molecule has 162 valence electrons. The Bertz CT molecular complexity index is 1020. The molecule has 3 aromatic rings. The third-order valence-corrected chi connectivity index (χ3v) is 6.52. The maximum atomic E-state index is 12.0. The summed E-state index contributed by atoms with van der Waals surface area (Å²) in [5.41, 5.74) is 2.66. The zero-order valence-corrected chi connectivity index (χ0v) is 17.7. The highest BCUT2D eigenvalue weighted by Gasteiger charge is 2.28. The Morgan fingerprint density at radius 2 is 1.74 bits per heavy atom. The Morgan fingerprint density at radius 3 is 2.45 bits per heavy atom. The van der Waals surface area contributed by atoms with Crippen molar-refractivity contribution in [3.63, 3.8) is 0 Å². The van der Waals surface area contributed by atoms with Gasteiger partial charge in [0.05, 0.1) is 18.5 Å². The number of rotatable bonds is 5. The van der Waals surface area contributed by atoms with Crippen molar-refractivity contribution in [2.75, 3.05) is 44.2 Å². The molecule has 0 spiro atoms. The number of hydrogen-bond donors (Lipinski definition) is 1. The van der Waals surface area contributed by atoms with Gasteiger partial charge in [-0.25, -0.2) is 5.10 Å².